The Balaban J connectivity index is 1.38. The Morgan fingerprint density at radius 2 is 1.70 bits per heavy atom. The van der Waals surface area contributed by atoms with Crippen LogP contribution in [0.25, 0.3) is 0 Å². The monoisotopic (exact) mass is 425 g/mol. The minimum absolute atomic E-state index is 0.225. The highest BCUT2D eigenvalue weighted by Crippen LogP contribution is 2.12. The maximum absolute atomic E-state index is 12.1. The van der Waals surface area contributed by atoms with Gasteiger partial charge in [0.25, 0.3) is 5.91 Å². The summed E-state index contributed by atoms with van der Waals surface area (Å²) in [6, 6.07) is 19.7. The van der Waals surface area contributed by atoms with Gasteiger partial charge >= 0.3 is 6.03 Å². The van der Waals surface area contributed by atoms with Crippen LogP contribution in [-0.4, -0.2) is 28.4 Å². The molecule has 0 spiro atoms. The first-order chi connectivity index (χ1) is 14.6. The molecule has 7 nitrogen and oxygen atoms in total. The van der Waals surface area contributed by atoms with Crippen LogP contribution < -0.4 is 16.0 Å². The molecule has 156 valence electrons. The molecule has 3 amide bonds. The van der Waals surface area contributed by atoms with Gasteiger partial charge in [-0.25, -0.2) is 4.79 Å². The second kappa shape index (κ2) is 11.0. The first-order valence-electron chi connectivity index (χ1n) is 9.44. The highest BCUT2D eigenvalue weighted by atomic mass is 32.2. The zero-order valence-corrected chi connectivity index (χ0v) is 17.1. The molecule has 1 heterocycles. The van der Waals surface area contributed by atoms with Crippen LogP contribution >= 0.6 is 0 Å². The van der Waals surface area contributed by atoms with Crippen molar-refractivity contribution in [3.63, 3.8) is 0 Å². The topological polar surface area (TPSA) is 100 Å². The molecule has 2 aromatic carbocycles. The van der Waals surface area contributed by atoms with E-state index >= 15 is 0 Å². The van der Waals surface area contributed by atoms with Gasteiger partial charge in [0.2, 0.25) is 0 Å². The van der Waals surface area contributed by atoms with E-state index in [-0.39, 0.29) is 17.7 Å². The number of hydrogen-bond donors (Lipinski definition) is 3. The molecule has 1 unspecified atom stereocenters. The Kier molecular flexibility index (Phi) is 7.79. The summed E-state index contributed by atoms with van der Waals surface area (Å²) < 4.78 is 17.1. The average molecular weight is 426 g/mol. The molecule has 0 radical (unpaired) electrons. The van der Waals surface area contributed by atoms with Crippen LogP contribution in [0.15, 0.2) is 77.4 Å². The molecule has 8 heteroatoms. The van der Waals surface area contributed by atoms with Gasteiger partial charge in [0.15, 0.2) is 5.76 Å². The van der Waals surface area contributed by atoms with Crippen molar-refractivity contribution in [1.82, 2.24) is 10.6 Å². The van der Waals surface area contributed by atoms with Gasteiger partial charge in [0.05, 0.1) is 6.26 Å². The van der Waals surface area contributed by atoms with Crippen LogP contribution in [-0.2, 0) is 23.1 Å². The highest BCUT2D eigenvalue weighted by Gasteiger charge is 2.09. The predicted octanol–water partition coefficient (Wildman–Crippen LogP) is 3.28. The summed E-state index contributed by atoms with van der Waals surface area (Å²) in [6.45, 7) is 0.619. The van der Waals surface area contributed by atoms with Gasteiger partial charge in [0, 0.05) is 41.1 Å². The maximum Gasteiger partial charge on any atom is 0.315 e. The van der Waals surface area contributed by atoms with Crippen molar-refractivity contribution in [2.24, 2.45) is 0 Å². The smallest absolute Gasteiger partial charge is 0.315 e. The lowest BCUT2D eigenvalue weighted by molar-refractivity contribution is 0.0996. The van der Waals surface area contributed by atoms with E-state index in [0.29, 0.717) is 30.3 Å². The maximum atomic E-state index is 12.1. The zero-order chi connectivity index (χ0) is 21.2. The third-order valence-corrected chi connectivity index (χ3v) is 5.48. The summed E-state index contributed by atoms with van der Waals surface area (Å²) in [7, 11) is -1.04. The fourth-order valence-electron chi connectivity index (χ4n) is 2.72. The highest BCUT2D eigenvalue weighted by molar-refractivity contribution is 7.84. The van der Waals surface area contributed by atoms with E-state index in [1.165, 1.54) is 6.26 Å². The SMILES string of the molecule is O=C(NCCS(=O)Cc1ccccc1)NCc1cccc(NC(=O)c2ccco2)c1. The zero-order valence-electron chi connectivity index (χ0n) is 16.3. The van der Waals surface area contributed by atoms with E-state index < -0.39 is 10.8 Å². The number of carbonyl (C=O) groups excluding carboxylic acids is 2. The molecule has 0 bridgehead atoms. The normalized spacial score (nSPS) is 11.5. The molecule has 0 aliphatic carbocycles. The Morgan fingerprint density at radius 3 is 2.47 bits per heavy atom. The van der Waals surface area contributed by atoms with Crippen molar-refractivity contribution < 1.29 is 18.2 Å². The molecule has 0 saturated heterocycles. The van der Waals surface area contributed by atoms with Gasteiger partial charge < -0.3 is 20.4 Å². The molecule has 3 rings (SSSR count). The van der Waals surface area contributed by atoms with Crippen LogP contribution in [0.1, 0.15) is 21.7 Å². The number of anilines is 1. The first kappa shape index (κ1) is 21.3. The quantitative estimate of drug-likeness (QED) is 0.490. The van der Waals surface area contributed by atoms with E-state index in [1.54, 1.807) is 30.3 Å². The Bertz CT molecular complexity index is 991. The third-order valence-electron chi connectivity index (χ3n) is 4.17. The number of nitrogens with one attached hydrogen (secondary N) is 3. The second-order valence-electron chi connectivity index (χ2n) is 6.52. The summed E-state index contributed by atoms with van der Waals surface area (Å²) in [6.07, 6.45) is 1.44. The van der Waals surface area contributed by atoms with Gasteiger partial charge in [-0.3, -0.25) is 9.00 Å². The van der Waals surface area contributed by atoms with Crippen LogP contribution in [0, 0.1) is 0 Å². The Hall–Kier alpha value is -3.39. The molecule has 3 aromatic rings. The van der Waals surface area contributed by atoms with Crippen LogP contribution in [0.3, 0.4) is 0 Å². The van der Waals surface area contributed by atoms with Gasteiger partial charge in [-0.15, -0.1) is 0 Å². The van der Waals surface area contributed by atoms with E-state index in [2.05, 4.69) is 16.0 Å². The van der Waals surface area contributed by atoms with Gasteiger partial charge in [-0.1, -0.05) is 42.5 Å². The predicted molar refractivity (Wildman–Crippen MR) is 116 cm³/mol. The van der Waals surface area contributed by atoms with Gasteiger partial charge in [-0.05, 0) is 35.4 Å². The third kappa shape index (κ3) is 6.89. The summed E-state index contributed by atoms with van der Waals surface area (Å²) in [5.41, 5.74) is 2.45. The van der Waals surface area contributed by atoms with Crippen LogP contribution in [0.4, 0.5) is 10.5 Å². The lowest BCUT2D eigenvalue weighted by atomic mass is 10.2. The van der Waals surface area contributed by atoms with Crippen molar-refractivity contribution in [3.05, 3.63) is 89.9 Å². The van der Waals surface area contributed by atoms with Crippen molar-refractivity contribution in [2.45, 2.75) is 12.3 Å². The number of hydrogen-bond acceptors (Lipinski definition) is 4. The van der Waals surface area contributed by atoms with E-state index in [1.807, 2.05) is 36.4 Å². The number of benzene rings is 2. The molecule has 0 saturated carbocycles. The molecule has 30 heavy (non-hydrogen) atoms. The summed E-state index contributed by atoms with van der Waals surface area (Å²) in [5, 5.41) is 8.20. The number of urea groups is 1. The molecular weight excluding hydrogens is 402 g/mol. The minimum atomic E-state index is -1.04. The van der Waals surface area contributed by atoms with Gasteiger partial charge in [0.1, 0.15) is 0 Å². The number of carbonyl (C=O) groups is 2. The molecule has 0 aliphatic rings. The van der Waals surface area contributed by atoms with E-state index in [4.69, 9.17) is 4.42 Å². The summed E-state index contributed by atoms with van der Waals surface area (Å²) in [4.78, 5) is 24.0. The second-order valence-corrected chi connectivity index (χ2v) is 8.09. The van der Waals surface area contributed by atoms with E-state index in [0.717, 1.165) is 11.1 Å². The molecule has 1 aromatic heterocycles. The standard InChI is InChI=1S/C22H23N3O4S/c26-21(20-10-5-12-29-20)25-19-9-4-8-18(14-19)15-24-22(27)23-11-13-30(28)16-17-6-2-1-3-7-17/h1-10,12,14H,11,13,15-16H2,(H,25,26)(H2,23,24,27). The Morgan fingerprint density at radius 1 is 0.900 bits per heavy atom. The van der Waals surface area contributed by atoms with E-state index in [9.17, 15) is 13.8 Å². The summed E-state index contributed by atoms with van der Waals surface area (Å²) in [5.74, 6) is 0.742. The molecule has 0 aliphatic heterocycles. The molecule has 0 fully saturated rings. The van der Waals surface area contributed by atoms with Crippen molar-refractivity contribution >= 4 is 28.4 Å². The van der Waals surface area contributed by atoms with Crippen LogP contribution in [0.5, 0.6) is 0 Å². The number of furan rings is 1. The average Bonchev–Trinajstić information content (AvgIpc) is 3.28. The first-order valence-corrected chi connectivity index (χ1v) is 10.9. The Labute approximate surface area is 177 Å². The van der Waals surface area contributed by atoms with Crippen molar-refractivity contribution in [1.29, 1.82) is 0 Å². The fraction of sp³-hybridized carbons (Fsp3) is 0.182. The lowest BCUT2D eigenvalue weighted by Gasteiger charge is -2.09. The van der Waals surface area contributed by atoms with Crippen molar-refractivity contribution in [3.8, 4) is 0 Å². The molecule has 3 N–H and O–H groups in total. The van der Waals surface area contributed by atoms with Gasteiger partial charge in [-0.2, -0.15) is 0 Å². The summed E-state index contributed by atoms with van der Waals surface area (Å²) >= 11 is 0. The van der Waals surface area contributed by atoms with Crippen LogP contribution in [0.2, 0.25) is 0 Å². The fourth-order valence-corrected chi connectivity index (χ4v) is 3.75. The van der Waals surface area contributed by atoms with Crippen molar-refractivity contribution in [2.75, 3.05) is 17.6 Å². The molecule has 1 atom stereocenters. The molecular formula is C22H23N3O4S. The lowest BCUT2D eigenvalue weighted by Crippen LogP contribution is -2.37. The number of amides is 3. The number of rotatable bonds is 9. The largest absolute Gasteiger partial charge is 0.459 e. The minimum Gasteiger partial charge on any atom is -0.459 e.